The number of hydrogen-bond acceptors (Lipinski definition) is 1. The highest BCUT2D eigenvalue weighted by Gasteiger charge is 2.48. The lowest BCUT2D eigenvalue weighted by atomic mass is 9.84. The molecule has 2 heteroatoms. The van der Waals surface area contributed by atoms with Gasteiger partial charge in [-0.25, -0.2) is 0 Å². The molecule has 3 rings (SSSR count). The van der Waals surface area contributed by atoms with Crippen LogP contribution in [0.3, 0.4) is 0 Å². The van der Waals surface area contributed by atoms with Crippen LogP contribution in [0.25, 0.3) is 0 Å². The number of nitrogens with zero attached hydrogens (tertiary/aromatic N) is 1. The van der Waals surface area contributed by atoms with Crippen LogP contribution in [0, 0.1) is 0 Å². The van der Waals surface area contributed by atoms with Gasteiger partial charge in [0.15, 0.2) is 0 Å². The zero-order valence-electron chi connectivity index (χ0n) is 10.4. The van der Waals surface area contributed by atoms with E-state index in [1.807, 2.05) is 12.3 Å². The van der Waals surface area contributed by atoms with E-state index in [4.69, 9.17) is 0 Å². The Labute approximate surface area is 103 Å². The Hall–Kier alpha value is -1.31. The van der Waals surface area contributed by atoms with Crippen molar-refractivity contribution in [2.45, 2.75) is 50.5 Å². The van der Waals surface area contributed by atoms with E-state index in [0.29, 0.717) is 5.92 Å². The molecule has 1 fully saturated rings. The minimum atomic E-state index is -0.00155. The van der Waals surface area contributed by atoms with Crippen LogP contribution in [-0.4, -0.2) is 21.7 Å². The maximum atomic E-state index is 10.4. The average Bonchev–Trinajstić information content (AvgIpc) is 2.75. The molecule has 0 amide bonds. The summed E-state index contributed by atoms with van der Waals surface area (Å²) in [5.41, 5.74) is 2.54. The van der Waals surface area contributed by atoms with Crippen LogP contribution in [0.5, 0.6) is 0 Å². The highest BCUT2D eigenvalue weighted by atomic mass is 16.5. The first kappa shape index (κ1) is 10.8. The predicted molar refractivity (Wildman–Crippen MR) is 67.9 cm³/mol. The largest absolute Gasteiger partial charge is 0.290 e. The van der Waals surface area contributed by atoms with Gasteiger partial charge < -0.3 is 0 Å². The average molecular weight is 230 g/mol. The zero-order chi connectivity index (χ0) is 11.9. The molecule has 0 radical (unpaired) electrons. The van der Waals surface area contributed by atoms with Crippen LogP contribution in [-0.2, 0) is 0 Å². The molecule has 17 heavy (non-hydrogen) atoms. The van der Waals surface area contributed by atoms with E-state index in [1.165, 1.54) is 28.7 Å². The van der Waals surface area contributed by atoms with Crippen molar-refractivity contribution in [1.82, 2.24) is 0 Å². The van der Waals surface area contributed by atoms with Crippen molar-refractivity contribution in [1.29, 1.82) is 0 Å². The third-order valence-corrected chi connectivity index (χ3v) is 4.49. The van der Waals surface area contributed by atoms with Crippen LogP contribution >= 0.6 is 0 Å². The number of hydroxylamine groups is 1. The van der Waals surface area contributed by atoms with Crippen molar-refractivity contribution in [2.24, 2.45) is 0 Å². The Kier molecular flexibility index (Phi) is 2.46. The lowest BCUT2D eigenvalue weighted by molar-refractivity contribution is -0.823. The summed E-state index contributed by atoms with van der Waals surface area (Å²) in [6.45, 7) is 2.28. The molecule has 0 aromatic heterocycles. The number of hydrogen-bond donors (Lipinski definition) is 1. The highest BCUT2D eigenvalue weighted by Crippen LogP contribution is 2.41. The molecule has 2 nitrogen and oxygen atoms in total. The standard InChI is InChI=1S/C15H20NO/c1-12-10-15(8-4-5-9-15)16(17)11-13-6-2-3-7-14(12)13/h2-3,6-7,11-12,17H,4-5,8-10H2,1H3/q+1. The molecule has 90 valence electrons. The summed E-state index contributed by atoms with van der Waals surface area (Å²) < 4.78 is 1.52. The monoisotopic (exact) mass is 230 g/mol. The molecular formula is C15H20NO+. The summed E-state index contributed by atoms with van der Waals surface area (Å²) in [6.07, 6.45) is 7.74. The number of rotatable bonds is 0. The van der Waals surface area contributed by atoms with Crippen molar-refractivity contribution in [3.63, 3.8) is 0 Å². The first-order chi connectivity index (χ1) is 8.21. The topological polar surface area (TPSA) is 23.2 Å². The quantitative estimate of drug-likeness (QED) is 0.536. The Morgan fingerprint density at radius 2 is 1.94 bits per heavy atom. The first-order valence-electron chi connectivity index (χ1n) is 6.63. The van der Waals surface area contributed by atoms with Crippen molar-refractivity contribution < 1.29 is 9.95 Å². The lowest BCUT2D eigenvalue weighted by Crippen LogP contribution is -2.38. The molecule has 1 aliphatic carbocycles. The second-order valence-electron chi connectivity index (χ2n) is 5.64. The van der Waals surface area contributed by atoms with Gasteiger partial charge in [-0.15, -0.1) is 0 Å². The molecule has 1 aromatic rings. The fourth-order valence-corrected chi connectivity index (χ4v) is 3.59. The third-order valence-electron chi connectivity index (χ3n) is 4.49. The zero-order valence-corrected chi connectivity index (χ0v) is 10.4. The number of fused-ring (bicyclic) bond motifs is 1. The maximum Gasteiger partial charge on any atom is 0.223 e. The Bertz CT molecular complexity index is 458. The van der Waals surface area contributed by atoms with Gasteiger partial charge in [0.2, 0.25) is 11.8 Å². The summed E-state index contributed by atoms with van der Waals surface area (Å²) >= 11 is 0. The Morgan fingerprint density at radius 1 is 1.24 bits per heavy atom. The lowest BCUT2D eigenvalue weighted by Gasteiger charge is -2.22. The van der Waals surface area contributed by atoms with Crippen LogP contribution in [0.15, 0.2) is 24.3 Å². The molecule has 1 heterocycles. The second-order valence-corrected chi connectivity index (χ2v) is 5.64. The molecule has 1 aromatic carbocycles. The van der Waals surface area contributed by atoms with Crippen molar-refractivity contribution >= 4 is 6.21 Å². The molecule has 1 unspecified atom stereocenters. The Balaban J connectivity index is 2.08. The van der Waals surface area contributed by atoms with E-state index in [2.05, 4.69) is 25.1 Å². The normalized spacial score (nSPS) is 26.4. The van der Waals surface area contributed by atoms with Crippen LogP contribution in [0.1, 0.15) is 56.1 Å². The molecule has 1 saturated carbocycles. The van der Waals surface area contributed by atoms with Crippen LogP contribution in [0.2, 0.25) is 0 Å². The highest BCUT2D eigenvalue weighted by molar-refractivity contribution is 5.78. The first-order valence-corrected chi connectivity index (χ1v) is 6.63. The van der Waals surface area contributed by atoms with Gasteiger partial charge in [0.05, 0.1) is 0 Å². The molecule has 1 N–H and O–H groups in total. The van der Waals surface area contributed by atoms with Crippen LogP contribution < -0.4 is 0 Å². The van der Waals surface area contributed by atoms with E-state index < -0.39 is 0 Å². The van der Waals surface area contributed by atoms with E-state index in [9.17, 15) is 5.21 Å². The summed E-state index contributed by atoms with van der Waals surface area (Å²) in [4.78, 5) is 0. The molecule has 2 aliphatic rings. The van der Waals surface area contributed by atoms with Crippen LogP contribution in [0.4, 0.5) is 0 Å². The maximum absolute atomic E-state index is 10.4. The van der Waals surface area contributed by atoms with Crippen molar-refractivity contribution in [3.05, 3.63) is 35.4 Å². The minimum absolute atomic E-state index is 0.00155. The summed E-state index contributed by atoms with van der Waals surface area (Å²) in [6, 6.07) is 8.43. The molecule has 0 bridgehead atoms. The van der Waals surface area contributed by atoms with Gasteiger partial charge in [-0.1, -0.05) is 25.1 Å². The van der Waals surface area contributed by atoms with E-state index >= 15 is 0 Å². The van der Waals surface area contributed by atoms with Gasteiger partial charge in [-0.2, -0.15) is 0 Å². The van der Waals surface area contributed by atoms with E-state index in [-0.39, 0.29) is 5.54 Å². The van der Waals surface area contributed by atoms with Gasteiger partial charge >= 0.3 is 0 Å². The minimum Gasteiger partial charge on any atom is -0.290 e. The van der Waals surface area contributed by atoms with Gasteiger partial charge in [0, 0.05) is 24.8 Å². The predicted octanol–water partition coefficient (Wildman–Crippen LogP) is 3.33. The van der Waals surface area contributed by atoms with Gasteiger partial charge in [0.1, 0.15) is 0 Å². The second kappa shape index (κ2) is 3.86. The molecule has 1 atom stereocenters. The molecule has 1 spiro atoms. The van der Waals surface area contributed by atoms with Crippen molar-refractivity contribution in [2.75, 3.05) is 0 Å². The molecule has 0 saturated heterocycles. The smallest absolute Gasteiger partial charge is 0.223 e. The fourth-order valence-electron chi connectivity index (χ4n) is 3.59. The van der Waals surface area contributed by atoms with Gasteiger partial charge in [0.25, 0.3) is 0 Å². The van der Waals surface area contributed by atoms with E-state index in [0.717, 1.165) is 19.3 Å². The van der Waals surface area contributed by atoms with Crippen molar-refractivity contribution in [3.8, 4) is 0 Å². The molecule has 1 aliphatic heterocycles. The summed E-state index contributed by atoms with van der Waals surface area (Å²) in [5.74, 6) is 0.526. The number of benzene rings is 1. The summed E-state index contributed by atoms with van der Waals surface area (Å²) in [7, 11) is 0. The fraction of sp³-hybridized carbons (Fsp3) is 0.533. The van der Waals surface area contributed by atoms with E-state index in [1.54, 1.807) is 0 Å². The van der Waals surface area contributed by atoms with Gasteiger partial charge in [-0.3, -0.25) is 5.21 Å². The third kappa shape index (κ3) is 1.67. The molecular weight excluding hydrogens is 210 g/mol. The summed E-state index contributed by atoms with van der Waals surface area (Å²) in [5, 5.41) is 10.4. The SMILES string of the molecule is CC1CC2(CCCC2)[N+](O)=Cc2ccccc21. The van der Waals surface area contributed by atoms with Gasteiger partial charge in [-0.05, 0) is 35.1 Å². The Morgan fingerprint density at radius 3 is 2.71 bits per heavy atom.